The van der Waals surface area contributed by atoms with Crippen molar-refractivity contribution in [3.63, 3.8) is 0 Å². The van der Waals surface area contributed by atoms with Gasteiger partial charge >= 0.3 is 0 Å². The summed E-state index contributed by atoms with van der Waals surface area (Å²) in [6.45, 7) is 0. The molecule has 0 saturated heterocycles. The van der Waals surface area contributed by atoms with E-state index in [2.05, 4.69) is 39.6 Å². The summed E-state index contributed by atoms with van der Waals surface area (Å²) in [5, 5.41) is 3.24. The van der Waals surface area contributed by atoms with Gasteiger partial charge in [0.15, 0.2) is 0 Å². The van der Waals surface area contributed by atoms with Crippen molar-refractivity contribution in [3.8, 4) is 0 Å². The smallest absolute Gasteiger partial charge is 0.271 e. The highest BCUT2D eigenvalue weighted by molar-refractivity contribution is 5.93. The van der Waals surface area contributed by atoms with Crippen LogP contribution in [0.25, 0.3) is 5.78 Å². The Hall–Kier alpha value is -2.69. The van der Waals surface area contributed by atoms with Gasteiger partial charge in [-0.05, 0) is 36.8 Å². The second-order valence-corrected chi connectivity index (χ2v) is 6.77. The highest BCUT2D eigenvalue weighted by atomic mass is 16.2. The zero-order chi connectivity index (χ0) is 17.1. The summed E-state index contributed by atoms with van der Waals surface area (Å²) in [6, 6.07) is 12.4. The van der Waals surface area contributed by atoms with Crippen LogP contribution in [-0.4, -0.2) is 26.3 Å². The predicted octanol–water partition coefficient (Wildman–Crippen LogP) is 3.26. The fourth-order valence-electron chi connectivity index (χ4n) is 3.75. The molecule has 1 aliphatic rings. The van der Waals surface area contributed by atoms with Crippen LogP contribution >= 0.6 is 0 Å². The largest absolute Gasteiger partial charge is 0.347 e. The minimum absolute atomic E-state index is 0.113. The Morgan fingerprint density at radius 2 is 2.00 bits per heavy atom. The van der Waals surface area contributed by atoms with Gasteiger partial charge in [0.25, 0.3) is 5.91 Å². The molecule has 1 aliphatic carbocycles. The van der Waals surface area contributed by atoms with Crippen LogP contribution in [0.15, 0.2) is 55.0 Å². The Morgan fingerprint density at radius 1 is 1.20 bits per heavy atom. The molecular formula is C20H22N4O. The van der Waals surface area contributed by atoms with Gasteiger partial charge in [-0.3, -0.25) is 9.20 Å². The van der Waals surface area contributed by atoms with Crippen molar-refractivity contribution in [2.45, 2.75) is 38.1 Å². The van der Waals surface area contributed by atoms with Crippen LogP contribution < -0.4 is 5.32 Å². The molecule has 4 rings (SSSR count). The maximum absolute atomic E-state index is 12.8. The fraction of sp³-hybridized carbons (Fsp3) is 0.350. The number of amides is 1. The van der Waals surface area contributed by atoms with Gasteiger partial charge in [-0.1, -0.05) is 43.2 Å². The van der Waals surface area contributed by atoms with Gasteiger partial charge in [0, 0.05) is 24.6 Å². The molecule has 1 unspecified atom stereocenters. The van der Waals surface area contributed by atoms with Crippen LogP contribution in [0.4, 0.5) is 0 Å². The average molecular weight is 334 g/mol. The van der Waals surface area contributed by atoms with Crippen molar-refractivity contribution in [2.24, 2.45) is 5.92 Å². The Bertz CT molecular complexity index is 819. The number of benzene rings is 1. The number of hydrogen-bond donors (Lipinski definition) is 1. The van der Waals surface area contributed by atoms with Gasteiger partial charge in [-0.15, -0.1) is 0 Å². The summed E-state index contributed by atoms with van der Waals surface area (Å²) in [7, 11) is 0. The average Bonchev–Trinajstić information content (AvgIpc) is 3.31. The molecule has 1 saturated carbocycles. The van der Waals surface area contributed by atoms with E-state index in [1.807, 2.05) is 18.3 Å². The SMILES string of the molecule is O=C(NC(Cc1ccccc1)C1CCCC1)c1cn2cccnc2n1. The fourth-order valence-corrected chi connectivity index (χ4v) is 3.75. The van der Waals surface area contributed by atoms with Gasteiger partial charge in [-0.25, -0.2) is 9.97 Å². The van der Waals surface area contributed by atoms with Crippen LogP contribution in [0.2, 0.25) is 0 Å². The number of rotatable bonds is 5. The van der Waals surface area contributed by atoms with E-state index >= 15 is 0 Å². The normalized spacial score (nSPS) is 16.2. The first-order valence-corrected chi connectivity index (χ1v) is 8.94. The molecule has 1 aromatic carbocycles. The van der Waals surface area contributed by atoms with E-state index in [1.165, 1.54) is 31.2 Å². The molecule has 0 aliphatic heterocycles. The van der Waals surface area contributed by atoms with Crippen molar-refractivity contribution in [1.29, 1.82) is 0 Å². The lowest BCUT2D eigenvalue weighted by molar-refractivity contribution is 0.0917. The lowest BCUT2D eigenvalue weighted by Crippen LogP contribution is -2.41. The topological polar surface area (TPSA) is 59.3 Å². The molecule has 2 heterocycles. The highest BCUT2D eigenvalue weighted by Crippen LogP contribution is 2.29. The van der Waals surface area contributed by atoms with Crippen molar-refractivity contribution < 1.29 is 4.79 Å². The number of carbonyl (C=O) groups is 1. The molecule has 0 radical (unpaired) electrons. The third kappa shape index (κ3) is 3.55. The van der Waals surface area contributed by atoms with Crippen molar-refractivity contribution in [3.05, 3.63) is 66.2 Å². The molecule has 5 heteroatoms. The van der Waals surface area contributed by atoms with E-state index in [9.17, 15) is 4.79 Å². The molecule has 0 spiro atoms. The molecule has 0 bridgehead atoms. The first-order chi connectivity index (χ1) is 12.3. The zero-order valence-corrected chi connectivity index (χ0v) is 14.1. The first kappa shape index (κ1) is 15.8. The minimum atomic E-state index is -0.113. The van der Waals surface area contributed by atoms with Gasteiger partial charge < -0.3 is 5.32 Å². The van der Waals surface area contributed by atoms with E-state index in [0.29, 0.717) is 17.4 Å². The van der Waals surface area contributed by atoms with Gasteiger partial charge in [0.1, 0.15) is 5.69 Å². The molecule has 1 N–H and O–H groups in total. The summed E-state index contributed by atoms with van der Waals surface area (Å²) in [5.74, 6) is 0.978. The minimum Gasteiger partial charge on any atom is -0.347 e. The molecule has 25 heavy (non-hydrogen) atoms. The Morgan fingerprint density at radius 3 is 2.76 bits per heavy atom. The number of fused-ring (bicyclic) bond motifs is 1. The lowest BCUT2D eigenvalue weighted by atomic mass is 9.92. The van der Waals surface area contributed by atoms with Crippen LogP contribution in [0.3, 0.4) is 0 Å². The quantitative estimate of drug-likeness (QED) is 0.779. The summed E-state index contributed by atoms with van der Waals surface area (Å²) < 4.78 is 1.77. The molecule has 128 valence electrons. The van der Waals surface area contributed by atoms with E-state index in [0.717, 1.165) is 6.42 Å². The van der Waals surface area contributed by atoms with Crippen molar-refractivity contribution >= 4 is 11.7 Å². The summed E-state index contributed by atoms with van der Waals surface area (Å²) in [6.07, 6.45) is 11.0. The number of nitrogens with one attached hydrogen (secondary N) is 1. The second kappa shape index (κ2) is 7.05. The summed E-state index contributed by atoms with van der Waals surface area (Å²) >= 11 is 0. The third-order valence-corrected chi connectivity index (χ3v) is 5.05. The maximum Gasteiger partial charge on any atom is 0.271 e. The highest BCUT2D eigenvalue weighted by Gasteiger charge is 2.27. The molecule has 3 aromatic rings. The predicted molar refractivity (Wildman–Crippen MR) is 96.3 cm³/mol. The van der Waals surface area contributed by atoms with Crippen LogP contribution in [0, 0.1) is 5.92 Å². The van der Waals surface area contributed by atoms with E-state index in [-0.39, 0.29) is 11.9 Å². The van der Waals surface area contributed by atoms with E-state index < -0.39 is 0 Å². The van der Waals surface area contributed by atoms with Gasteiger partial charge in [-0.2, -0.15) is 0 Å². The second-order valence-electron chi connectivity index (χ2n) is 6.77. The van der Waals surface area contributed by atoms with Crippen molar-refractivity contribution in [1.82, 2.24) is 19.7 Å². The Balaban J connectivity index is 1.53. The number of hydrogen-bond acceptors (Lipinski definition) is 3. The molecule has 1 atom stereocenters. The first-order valence-electron chi connectivity index (χ1n) is 8.94. The molecule has 1 fully saturated rings. The Labute approximate surface area is 147 Å². The van der Waals surface area contributed by atoms with Crippen LogP contribution in [0.1, 0.15) is 41.7 Å². The lowest BCUT2D eigenvalue weighted by Gasteiger charge is -2.24. The van der Waals surface area contributed by atoms with Crippen LogP contribution in [0.5, 0.6) is 0 Å². The standard InChI is InChI=1S/C20H22N4O/c25-19(18-14-24-12-6-11-21-20(24)23-18)22-17(16-9-4-5-10-16)13-15-7-2-1-3-8-15/h1-3,6-8,11-12,14,16-17H,4-5,9-10,13H2,(H,22,25). The van der Waals surface area contributed by atoms with E-state index in [1.54, 1.807) is 16.8 Å². The number of aromatic nitrogens is 3. The number of nitrogens with zero attached hydrogens (tertiary/aromatic N) is 3. The molecule has 2 aromatic heterocycles. The number of carbonyl (C=O) groups excluding carboxylic acids is 1. The maximum atomic E-state index is 12.8. The van der Waals surface area contributed by atoms with Gasteiger partial charge in [0.05, 0.1) is 0 Å². The molecule has 1 amide bonds. The van der Waals surface area contributed by atoms with Gasteiger partial charge in [0.2, 0.25) is 5.78 Å². The third-order valence-electron chi connectivity index (χ3n) is 5.05. The Kier molecular flexibility index (Phi) is 4.46. The monoisotopic (exact) mass is 334 g/mol. The zero-order valence-electron chi connectivity index (χ0n) is 14.1. The summed E-state index contributed by atoms with van der Waals surface area (Å²) in [4.78, 5) is 21.3. The van der Waals surface area contributed by atoms with E-state index in [4.69, 9.17) is 0 Å². The molecule has 5 nitrogen and oxygen atoms in total. The van der Waals surface area contributed by atoms with Crippen molar-refractivity contribution in [2.75, 3.05) is 0 Å². The van der Waals surface area contributed by atoms with Crippen LogP contribution in [-0.2, 0) is 6.42 Å². The molecular weight excluding hydrogens is 312 g/mol. The summed E-state index contributed by atoms with van der Waals surface area (Å²) in [5.41, 5.74) is 1.69. The number of imidazole rings is 1.